The summed E-state index contributed by atoms with van der Waals surface area (Å²) in [5.41, 5.74) is 0. The summed E-state index contributed by atoms with van der Waals surface area (Å²) in [7, 11) is 3.04. The molecule has 0 aromatic rings. The molecule has 0 aromatic carbocycles. The van der Waals surface area contributed by atoms with Crippen molar-refractivity contribution < 1.29 is 14.3 Å². The number of carbonyl (C=O) groups excluding carboxylic acids is 1. The predicted octanol–water partition coefficient (Wildman–Crippen LogP) is 2.00. The zero-order chi connectivity index (χ0) is 10.8. The number of ketones is 1. The van der Waals surface area contributed by atoms with Crippen LogP contribution < -0.4 is 0 Å². The molecule has 0 N–H and O–H groups in total. The Bertz CT molecular complexity index is 235. The van der Waals surface area contributed by atoms with E-state index in [4.69, 9.17) is 9.47 Å². The topological polar surface area (TPSA) is 35.5 Å². The first-order chi connectivity index (χ1) is 7.24. The molecule has 3 heteroatoms. The van der Waals surface area contributed by atoms with Gasteiger partial charge in [-0.05, 0) is 37.0 Å². The van der Waals surface area contributed by atoms with Gasteiger partial charge in [-0.2, -0.15) is 0 Å². The molecule has 0 spiro atoms. The van der Waals surface area contributed by atoms with Crippen molar-refractivity contribution in [2.24, 2.45) is 17.8 Å². The van der Waals surface area contributed by atoms with Crippen LogP contribution in [0.15, 0.2) is 0 Å². The Labute approximate surface area is 91.1 Å². The van der Waals surface area contributed by atoms with Crippen LogP contribution in [-0.4, -0.2) is 26.3 Å². The van der Waals surface area contributed by atoms with Crippen LogP contribution in [0.1, 0.15) is 32.1 Å². The molecule has 0 amide bonds. The number of methoxy groups -OCH3 is 2. The highest BCUT2D eigenvalue weighted by Gasteiger charge is 2.40. The fourth-order valence-electron chi connectivity index (χ4n) is 3.34. The standard InChI is InChI=1S/C12H20O3/c1-14-12(15-2)11(13)7-10-6-8-3-4-9(10)5-8/h8-10,12H,3-7H2,1-2H3. The predicted molar refractivity (Wildman–Crippen MR) is 56.4 cm³/mol. The van der Waals surface area contributed by atoms with Crippen LogP contribution in [0.5, 0.6) is 0 Å². The second-order valence-corrected chi connectivity index (χ2v) is 4.91. The third-order valence-electron chi connectivity index (χ3n) is 4.04. The second kappa shape index (κ2) is 4.62. The van der Waals surface area contributed by atoms with E-state index in [9.17, 15) is 4.79 Å². The van der Waals surface area contributed by atoms with E-state index in [1.165, 1.54) is 39.9 Å². The number of Topliss-reactive ketones (excluding diaryl/α,β-unsaturated/α-hetero) is 1. The summed E-state index contributed by atoms with van der Waals surface area (Å²) in [5, 5.41) is 0. The molecule has 86 valence electrons. The molecule has 0 aliphatic heterocycles. The highest BCUT2D eigenvalue weighted by Crippen LogP contribution is 2.49. The number of hydrogen-bond donors (Lipinski definition) is 0. The van der Waals surface area contributed by atoms with E-state index in [0.717, 1.165) is 11.8 Å². The van der Waals surface area contributed by atoms with Crippen LogP contribution in [0.3, 0.4) is 0 Å². The van der Waals surface area contributed by atoms with Crippen molar-refractivity contribution in [2.45, 2.75) is 38.4 Å². The minimum atomic E-state index is -0.649. The van der Waals surface area contributed by atoms with Gasteiger partial charge in [-0.15, -0.1) is 0 Å². The van der Waals surface area contributed by atoms with Crippen LogP contribution in [0.4, 0.5) is 0 Å². The third kappa shape index (κ3) is 2.23. The largest absolute Gasteiger partial charge is 0.349 e. The van der Waals surface area contributed by atoms with E-state index in [0.29, 0.717) is 12.3 Å². The van der Waals surface area contributed by atoms with E-state index in [1.54, 1.807) is 0 Å². The van der Waals surface area contributed by atoms with Gasteiger partial charge in [-0.1, -0.05) is 6.42 Å². The highest BCUT2D eigenvalue weighted by atomic mass is 16.7. The zero-order valence-corrected chi connectivity index (χ0v) is 9.57. The first-order valence-electron chi connectivity index (χ1n) is 5.83. The van der Waals surface area contributed by atoms with Gasteiger partial charge in [0.2, 0.25) is 6.29 Å². The summed E-state index contributed by atoms with van der Waals surface area (Å²) in [6.45, 7) is 0. The van der Waals surface area contributed by atoms with Gasteiger partial charge in [-0.25, -0.2) is 0 Å². The molecule has 2 fully saturated rings. The smallest absolute Gasteiger partial charge is 0.217 e. The molecule has 0 saturated heterocycles. The van der Waals surface area contributed by atoms with Gasteiger partial charge in [-0.3, -0.25) is 4.79 Å². The third-order valence-corrected chi connectivity index (χ3v) is 4.04. The second-order valence-electron chi connectivity index (χ2n) is 4.91. The molecule has 0 heterocycles. The number of fused-ring (bicyclic) bond motifs is 2. The summed E-state index contributed by atoms with van der Waals surface area (Å²) >= 11 is 0. The van der Waals surface area contributed by atoms with Crippen molar-refractivity contribution in [1.82, 2.24) is 0 Å². The summed E-state index contributed by atoms with van der Waals surface area (Å²) in [5.74, 6) is 2.41. The number of hydrogen-bond acceptors (Lipinski definition) is 3. The van der Waals surface area contributed by atoms with Gasteiger partial charge in [0.1, 0.15) is 0 Å². The molecule has 3 nitrogen and oxygen atoms in total. The van der Waals surface area contributed by atoms with Gasteiger partial charge in [0.15, 0.2) is 5.78 Å². The maximum absolute atomic E-state index is 11.8. The summed E-state index contributed by atoms with van der Waals surface area (Å²) in [6, 6.07) is 0. The van der Waals surface area contributed by atoms with Gasteiger partial charge in [0, 0.05) is 20.6 Å². The average molecular weight is 212 g/mol. The first-order valence-corrected chi connectivity index (χ1v) is 5.83. The first kappa shape index (κ1) is 11.1. The Morgan fingerprint density at radius 2 is 2.00 bits per heavy atom. The molecule has 15 heavy (non-hydrogen) atoms. The van der Waals surface area contributed by atoms with Gasteiger partial charge < -0.3 is 9.47 Å². The fourth-order valence-corrected chi connectivity index (χ4v) is 3.34. The number of rotatable bonds is 5. The lowest BCUT2D eigenvalue weighted by atomic mass is 9.85. The van der Waals surface area contributed by atoms with Crippen molar-refractivity contribution in [3.8, 4) is 0 Å². The van der Waals surface area contributed by atoms with Crippen LogP contribution in [0.25, 0.3) is 0 Å². The van der Waals surface area contributed by atoms with Crippen LogP contribution in [0.2, 0.25) is 0 Å². The molecule has 2 bridgehead atoms. The normalized spacial score (nSPS) is 33.9. The van der Waals surface area contributed by atoms with E-state index in [2.05, 4.69) is 0 Å². The Kier molecular flexibility index (Phi) is 3.42. The van der Waals surface area contributed by atoms with Crippen LogP contribution in [-0.2, 0) is 14.3 Å². The van der Waals surface area contributed by atoms with Crippen LogP contribution in [0, 0.1) is 17.8 Å². The maximum atomic E-state index is 11.8. The lowest BCUT2D eigenvalue weighted by Gasteiger charge is -2.22. The van der Waals surface area contributed by atoms with Crippen LogP contribution >= 0.6 is 0 Å². The van der Waals surface area contributed by atoms with E-state index >= 15 is 0 Å². The Hall–Kier alpha value is -0.410. The van der Waals surface area contributed by atoms with E-state index < -0.39 is 6.29 Å². The Morgan fingerprint density at radius 3 is 2.47 bits per heavy atom. The molecular formula is C12H20O3. The zero-order valence-electron chi connectivity index (χ0n) is 9.57. The van der Waals surface area contributed by atoms with E-state index in [1.807, 2.05) is 0 Å². The minimum Gasteiger partial charge on any atom is -0.349 e. The summed E-state index contributed by atoms with van der Waals surface area (Å²) < 4.78 is 9.96. The molecule has 0 radical (unpaired) electrons. The fraction of sp³-hybridized carbons (Fsp3) is 0.917. The van der Waals surface area contributed by atoms with Crippen molar-refractivity contribution in [1.29, 1.82) is 0 Å². The van der Waals surface area contributed by atoms with E-state index in [-0.39, 0.29) is 5.78 Å². The molecule has 3 unspecified atom stereocenters. The van der Waals surface area contributed by atoms with Gasteiger partial charge in [0.05, 0.1) is 0 Å². The monoisotopic (exact) mass is 212 g/mol. The molecular weight excluding hydrogens is 192 g/mol. The van der Waals surface area contributed by atoms with Crippen molar-refractivity contribution in [3.63, 3.8) is 0 Å². The molecule has 2 aliphatic rings. The molecule has 2 aliphatic carbocycles. The SMILES string of the molecule is COC(OC)C(=O)CC1CC2CCC1C2. The number of carbonyl (C=O) groups is 1. The molecule has 2 saturated carbocycles. The van der Waals surface area contributed by atoms with Crippen molar-refractivity contribution in [2.75, 3.05) is 14.2 Å². The molecule has 3 atom stereocenters. The lowest BCUT2D eigenvalue weighted by Crippen LogP contribution is -2.28. The van der Waals surface area contributed by atoms with Gasteiger partial charge in [0.25, 0.3) is 0 Å². The summed E-state index contributed by atoms with van der Waals surface area (Å²) in [4.78, 5) is 11.8. The Morgan fingerprint density at radius 1 is 1.27 bits per heavy atom. The lowest BCUT2D eigenvalue weighted by molar-refractivity contribution is -0.158. The van der Waals surface area contributed by atoms with Gasteiger partial charge >= 0.3 is 0 Å². The van der Waals surface area contributed by atoms with Crippen molar-refractivity contribution >= 4 is 5.78 Å². The molecule has 0 aromatic heterocycles. The summed E-state index contributed by atoms with van der Waals surface area (Å²) in [6.07, 6.45) is 5.30. The van der Waals surface area contributed by atoms with Crippen molar-refractivity contribution in [3.05, 3.63) is 0 Å². The quantitative estimate of drug-likeness (QED) is 0.654. The molecule has 2 rings (SSSR count). The number of ether oxygens (including phenoxy) is 2. The average Bonchev–Trinajstić information content (AvgIpc) is 2.81. The maximum Gasteiger partial charge on any atom is 0.217 e. The Balaban J connectivity index is 1.84. The highest BCUT2D eigenvalue weighted by molar-refractivity contribution is 5.82. The minimum absolute atomic E-state index is 0.109.